The molecule has 0 spiro atoms. The Balaban J connectivity index is 2.28. The molecule has 1 aromatic heterocycles. The third-order valence-corrected chi connectivity index (χ3v) is 2.32. The summed E-state index contributed by atoms with van der Waals surface area (Å²) in [4.78, 5) is 11.4. The van der Waals surface area contributed by atoms with Crippen LogP contribution in [0.3, 0.4) is 0 Å². The molecule has 0 aliphatic heterocycles. The first-order chi connectivity index (χ1) is 8.20. The summed E-state index contributed by atoms with van der Waals surface area (Å²) in [6.45, 7) is 0. The molecule has 2 rings (SSSR count). The van der Waals surface area contributed by atoms with Crippen molar-refractivity contribution in [2.45, 2.75) is 0 Å². The van der Waals surface area contributed by atoms with Crippen LogP contribution in [0.2, 0.25) is 5.02 Å². The van der Waals surface area contributed by atoms with Crippen molar-refractivity contribution in [3.05, 3.63) is 45.8 Å². The molecule has 0 aliphatic rings. The zero-order valence-electron chi connectivity index (χ0n) is 8.94. The summed E-state index contributed by atoms with van der Waals surface area (Å²) in [7, 11) is 1.57. The number of ether oxygens (including phenoxy) is 2. The van der Waals surface area contributed by atoms with Crippen LogP contribution in [0.25, 0.3) is 0 Å². The van der Waals surface area contributed by atoms with Crippen LogP contribution in [0, 0.1) is 0 Å². The minimum absolute atomic E-state index is 0.0202. The molecule has 0 saturated heterocycles. The number of aromatic amines is 1. The normalized spacial score (nSPS) is 10.0. The smallest absolute Gasteiger partial charge is 0.308 e. The molecular formula is C11H9ClN2O3. The van der Waals surface area contributed by atoms with E-state index in [0.29, 0.717) is 11.5 Å². The molecule has 5 nitrogen and oxygen atoms in total. The van der Waals surface area contributed by atoms with Gasteiger partial charge in [0.05, 0.1) is 13.3 Å². The first-order valence-electron chi connectivity index (χ1n) is 4.76. The second-order valence-corrected chi connectivity index (χ2v) is 3.56. The lowest BCUT2D eigenvalue weighted by molar-refractivity contribution is 0.412. The molecule has 2 aromatic rings. The van der Waals surface area contributed by atoms with Crippen LogP contribution in [0.5, 0.6) is 17.2 Å². The summed E-state index contributed by atoms with van der Waals surface area (Å²) in [6.07, 6.45) is 1.31. The Morgan fingerprint density at radius 2 is 1.88 bits per heavy atom. The van der Waals surface area contributed by atoms with E-state index in [2.05, 4.69) is 10.2 Å². The van der Waals surface area contributed by atoms with Gasteiger partial charge in [-0.25, -0.2) is 5.10 Å². The molecule has 0 amide bonds. The van der Waals surface area contributed by atoms with Gasteiger partial charge in [-0.2, -0.15) is 5.10 Å². The summed E-state index contributed by atoms with van der Waals surface area (Å²) in [5.41, 5.74) is -0.478. The molecule has 1 N–H and O–H groups in total. The van der Waals surface area contributed by atoms with Crippen molar-refractivity contribution in [3.63, 3.8) is 0 Å². The van der Waals surface area contributed by atoms with Gasteiger partial charge in [-0.3, -0.25) is 4.79 Å². The van der Waals surface area contributed by atoms with Crippen LogP contribution < -0.4 is 15.0 Å². The number of rotatable bonds is 3. The molecule has 1 aromatic carbocycles. The van der Waals surface area contributed by atoms with E-state index in [1.807, 2.05) is 0 Å². The van der Waals surface area contributed by atoms with E-state index in [9.17, 15) is 4.79 Å². The van der Waals surface area contributed by atoms with Crippen LogP contribution in [0.15, 0.2) is 35.3 Å². The molecule has 0 fully saturated rings. The van der Waals surface area contributed by atoms with Gasteiger partial charge in [-0.05, 0) is 24.3 Å². The Hall–Kier alpha value is -2.01. The number of aromatic nitrogens is 2. The largest absolute Gasteiger partial charge is 0.497 e. The van der Waals surface area contributed by atoms with Gasteiger partial charge in [-0.1, -0.05) is 11.6 Å². The first-order valence-corrected chi connectivity index (χ1v) is 5.13. The number of hydrogen-bond donors (Lipinski definition) is 1. The van der Waals surface area contributed by atoms with E-state index in [4.69, 9.17) is 21.1 Å². The second-order valence-electron chi connectivity index (χ2n) is 3.15. The van der Waals surface area contributed by atoms with E-state index >= 15 is 0 Å². The van der Waals surface area contributed by atoms with Crippen molar-refractivity contribution < 1.29 is 9.47 Å². The fourth-order valence-corrected chi connectivity index (χ4v) is 1.40. The highest BCUT2D eigenvalue weighted by Crippen LogP contribution is 2.25. The van der Waals surface area contributed by atoms with Crippen molar-refractivity contribution in [2.75, 3.05) is 7.11 Å². The van der Waals surface area contributed by atoms with Crippen molar-refractivity contribution in [1.82, 2.24) is 10.2 Å². The summed E-state index contributed by atoms with van der Waals surface area (Å²) < 4.78 is 10.4. The van der Waals surface area contributed by atoms with Crippen LogP contribution in [0.4, 0.5) is 0 Å². The maximum absolute atomic E-state index is 11.4. The number of benzene rings is 1. The maximum Gasteiger partial charge on any atom is 0.308 e. The van der Waals surface area contributed by atoms with Crippen molar-refractivity contribution in [3.8, 4) is 17.2 Å². The summed E-state index contributed by atoms with van der Waals surface area (Å²) >= 11 is 5.81. The summed E-state index contributed by atoms with van der Waals surface area (Å²) in [6, 6.07) is 6.79. The van der Waals surface area contributed by atoms with Crippen molar-refractivity contribution in [2.24, 2.45) is 0 Å². The highest BCUT2D eigenvalue weighted by Gasteiger charge is 2.08. The Kier molecular flexibility index (Phi) is 3.30. The topological polar surface area (TPSA) is 64.2 Å². The van der Waals surface area contributed by atoms with Gasteiger partial charge in [0.25, 0.3) is 0 Å². The standard InChI is InChI=1S/C11H9ClN2O3/c1-16-7-2-4-8(5-3-7)17-10-9(12)6-13-14-11(10)15/h2-6H,1H3,(H,14,15). The Labute approximate surface area is 102 Å². The maximum atomic E-state index is 11.4. The first kappa shape index (κ1) is 11.5. The summed E-state index contributed by atoms with van der Waals surface area (Å²) in [5.74, 6) is 1.21. The van der Waals surface area contributed by atoms with Crippen LogP contribution in [-0.2, 0) is 0 Å². The van der Waals surface area contributed by atoms with E-state index in [1.54, 1.807) is 31.4 Å². The second kappa shape index (κ2) is 4.88. The molecule has 17 heavy (non-hydrogen) atoms. The SMILES string of the molecule is COc1ccc(Oc2c(Cl)cn[nH]c2=O)cc1. The molecular weight excluding hydrogens is 244 g/mol. The van der Waals surface area contributed by atoms with E-state index < -0.39 is 5.56 Å². The quantitative estimate of drug-likeness (QED) is 0.910. The average molecular weight is 253 g/mol. The molecule has 6 heteroatoms. The number of nitrogens with one attached hydrogen (secondary N) is 1. The summed E-state index contributed by atoms with van der Waals surface area (Å²) in [5, 5.41) is 5.94. The molecule has 1 heterocycles. The van der Waals surface area contributed by atoms with Gasteiger partial charge in [0.15, 0.2) is 0 Å². The highest BCUT2D eigenvalue weighted by molar-refractivity contribution is 6.31. The lowest BCUT2D eigenvalue weighted by Gasteiger charge is -2.06. The zero-order chi connectivity index (χ0) is 12.3. The number of hydrogen-bond acceptors (Lipinski definition) is 4. The highest BCUT2D eigenvalue weighted by atomic mass is 35.5. The van der Waals surface area contributed by atoms with Gasteiger partial charge in [0.2, 0.25) is 5.75 Å². The Morgan fingerprint density at radius 3 is 2.47 bits per heavy atom. The molecule has 88 valence electrons. The molecule has 0 atom stereocenters. The third kappa shape index (κ3) is 2.57. The molecule has 0 bridgehead atoms. The van der Waals surface area contributed by atoms with Gasteiger partial charge in [0.1, 0.15) is 16.5 Å². The van der Waals surface area contributed by atoms with E-state index in [1.165, 1.54) is 6.20 Å². The minimum atomic E-state index is -0.478. The monoisotopic (exact) mass is 252 g/mol. The Bertz CT molecular complexity index is 566. The fourth-order valence-electron chi connectivity index (χ4n) is 1.22. The van der Waals surface area contributed by atoms with Gasteiger partial charge < -0.3 is 9.47 Å². The van der Waals surface area contributed by atoms with Crippen molar-refractivity contribution >= 4 is 11.6 Å². The van der Waals surface area contributed by atoms with Crippen LogP contribution in [0.1, 0.15) is 0 Å². The van der Waals surface area contributed by atoms with Crippen molar-refractivity contribution in [1.29, 1.82) is 0 Å². The zero-order valence-corrected chi connectivity index (χ0v) is 9.69. The lowest BCUT2D eigenvalue weighted by atomic mass is 10.3. The van der Waals surface area contributed by atoms with Gasteiger partial charge >= 0.3 is 5.56 Å². The average Bonchev–Trinajstić information content (AvgIpc) is 2.35. The number of halogens is 1. The number of nitrogens with zero attached hydrogens (tertiary/aromatic N) is 1. The van der Waals surface area contributed by atoms with Gasteiger partial charge in [-0.15, -0.1) is 0 Å². The van der Waals surface area contributed by atoms with Crippen LogP contribution in [-0.4, -0.2) is 17.3 Å². The Morgan fingerprint density at radius 1 is 1.24 bits per heavy atom. The number of methoxy groups -OCH3 is 1. The molecule has 0 unspecified atom stereocenters. The van der Waals surface area contributed by atoms with Gasteiger partial charge in [0, 0.05) is 0 Å². The predicted octanol–water partition coefficient (Wildman–Crippen LogP) is 2.22. The van der Waals surface area contributed by atoms with E-state index in [0.717, 1.165) is 0 Å². The minimum Gasteiger partial charge on any atom is -0.497 e. The predicted molar refractivity (Wildman–Crippen MR) is 62.9 cm³/mol. The number of H-pyrrole nitrogens is 1. The van der Waals surface area contributed by atoms with Crippen LogP contribution >= 0.6 is 11.6 Å². The fraction of sp³-hybridized carbons (Fsp3) is 0.0909. The lowest BCUT2D eigenvalue weighted by Crippen LogP contribution is -2.10. The van der Waals surface area contributed by atoms with E-state index in [-0.39, 0.29) is 10.8 Å². The molecule has 0 saturated carbocycles. The molecule has 0 aliphatic carbocycles. The third-order valence-electron chi connectivity index (χ3n) is 2.05. The molecule has 0 radical (unpaired) electrons.